The molecule has 1 heterocycles. The lowest BCUT2D eigenvalue weighted by atomic mass is 9.98. The van der Waals surface area contributed by atoms with Crippen molar-refractivity contribution in [3.8, 4) is 0 Å². The molecular weight excluding hydrogens is 236 g/mol. The molecule has 0 aromatic rings. The minimum Gasteiger partial charge on any atom is -0.381 e. The molecule has 0 aromatic heterocycles. The van der Waals surface area contributed by atoms with Gasteiger partial charge in [-0.2, -0.15) is 0 Å². The zero-order valence-corrected chi connectivity index (χ0v) is 12.9. The zero-order valence-electron chi connectivity index (χ0n) is 12.9. The summed E-state index contributed by atoms with van der Waals surface area (Å²) in [5.41, 5.74) is 0. The van der Waals surface area contributed by atoms with Gasteiger partial charge in [-0.25, -0.2) is 0 Å². The fourth-order valence-electron chi connectivity index (χ4n) is 3.06. The van der Waals surface area contributed by atoms with Gasteiger partial charge in [-0.05, 0) is 45.2 Å². The van der Waals surface area contributed by atoms with Crippen molar-refractivity contribution in [2.45, 2.75) is 64.5 Å². The summed E-state index contributed by atoms with van der Waals surface area (Å²) in [6.07, 6.45) is 7.97. The van der Waals surface area contributed by atoms with Crippen LogP contribution < -0.4 is 5.32 Å². The first kappa shape index (κ1) is 15.3. The molecule has 112 valence electrons. The summed E-state index contributed by atoms with van der Waals surface area (Å²) in [5, 5.41) is 3.78. The third-order valence-electron chi connectivity index (χ3n) is 4.48. The molecule has 1 aliphatic heterocycles. The summed E-state index contributed by atoms with van der Waals surface area (Å²) in [6, 6.07) is 1.53. The fourth-order valence-corrected chi connectivity index (χ4v) is 3.06. The van der Waals surface area contributed by atoms with E-state index in [0.29, 0.717) is 6.04 Å². The van der Waals surface area contributed by atoms with E-state index < -0.39 is 0 Å². The minimum atomic E-state index is 0.639. The van der Waals surface area contributed by atoms with Crippen LogP contribution in [0.25, 0.3) is 0 Å². The molecule has 0 amide bonds. The van der Waals surface area contributed by atoms with Crippen LogP contribution in [0.15, 0.2) is 0 Å². The van der Waals surface area contributed by atoms with Gasteiger partial charge in [-0.15, -0.1) is 0 Å². The smallest absolute Gasteiger partial charge is 0.0510 e. The van der Waals surface area contributed by atoms with Gasteiger partial charge in [0.05, 0.1) is 6.61 Å². The third-order valence-corrected chi connectivity index (χ3v) is 4.48. The molecule has 19 heavy (non-hydrogen) atoms. The molecular formula is C16H32N2O. The van der Waals surface area contributed by atoms with E-state index in [-0.39, 0.29) is 0 Å². The number of hydrogen-bond donors (Lipinski definition) is 1. The molecule has 0 aromatic carbocycles. The van der Waals surface area contributed by atoms with Gasteiger partial charge in [-0.1, -0.05) is 20.3 Å². The molecule has 0 bridgehead atoms. The van der Waals surface area contributed by atoms with E-state index in [1.807, 2.05) is 0 Å². The number of hydrogen-bond acceptors (Lipinski definition) is 3. The quantitative estimate of drug-likeness (QED) is 0.659. The van der Waals surface area contributed by atoms with Crippen molar-refractivity contribution in [2.75, 3.05) is 32.8 Å². The first-order chi connectivity index (χ1) is 9.35. The minimum absolute atomic E-state index is 0.639. The number of nitrogens with one attached hydrogen (secondary N) is 1. The van der Waals surface area contributed by atoms with E-state index in [1.165, 1.54) is 51.6 Å². The SMILES string of the molecule is CCCCN(CC(NCCC)C1CCOC1)C1CC1. The average molecular weight is 268 g/mol. The van der Waals surface area contributed by atoms with Crippen LogP contribution in [0, 0.1) is 5.92 Å². The van der Waals surface area contributed by atoms with Crippen molar-refractivity contribution < 1.29 is 4.74 Å². The summed E-state index contributed by atoms with van der Waals surface area (Å²) in [5.74, 6) is 0.731. The van der Waals surface area contributed by atoms with Crippen LogP contribution in [0.5, 0.6) is 0 Å². The maximum Gasteiger partial charge on any atom is 0.0510 e. The van der Waals surface area contributed by atoms with Gasteiger partial charge < -0.3 is 10.1 Å². The normalized spacial score (nSPS) is 25.1. The highest BCUT2D eigenvalue weighted by Gasteiger charge is 2.33. The Morgan fingerprint density at radius 2 is 2.05 bits per heavy atom. The van der Waals surface area contributed by atoms with Crippen LogP contribution in [0.4, 0.5) is 0 Å². The van der Waals surface area contributed by atoms with Gasteiger partial charge in [0.25, 0.3) is 0 Å². The average Bonchev–Trinajstić information content (AvgIpc) is 3.13. The molecule has 2 aliphatic rings. The maximum absolute atomic E-state index is 5.60. The van der Waals surface area contributed by atoms with Crippen molar-refractivity contribution in [1.29, 1.82) is 0 Å². The molecule has 0 radical (unpaired) electrons. The van der Waals surface area contributed by atoms with E-state index in [9.17, 15) is 0 Å². The topological polar surface area (TPSA) is 24.5 Å². The Hall–Kier alpha value is -0.120. The van der Waals surface area contributed by atoms with Gasteiger partial charge in [0, 0.05) is 31.2 Å². The number of unbranched alkanes of at least 4 members (excludes halogenated alkanes) is 1. The van der Waals surface area contributed by atoms with Crippen molar-refractivity contribution in [1.82, 2.24) is 10.2 Å². The van der Waals surface area contributed by atoms with Gasteiger partial charge in [0.2, 0.25) is 0 Å². The lowest BCUT2D eigenvalue weighted by molar-refractivity contribution is 0.157. The van der Waals surface area contributed by atoms with Crippen LogP contribution in [-0.4, -0.2) is 49.8 Å². The first-order valence-corrected chi connectivity index (χ1v) is 8.40. The molecule has 2 fully saturated rings. The maximum atomic E-state index is 5.60. The van der Waals surface area contributed by atoms with Gasteiger partial charge in [0.15, 0.2) is 0 Å². The molecule has 1 aliphatic carbocycles. The molecule has 1 saturated carbocycles. The van der Waals surface area contributed by atoms with Crippen molar-refractivity contribution in [2.24, 2.45) is 5.92 Å². The van der Waals surface area contributed by atoms with Gasteiger partial charge in [-0.3, -0.25) is 4.90 Å². The predicted octanol–water partition coefficient (Wildman–Crippen LogP) is 2.66. The molecule has 0 spiro atoms. The Morgan fingerprint density at radius 1 is 1.21 bits per heavy atom. The molecule has 2 atom stereocenters. The summed E-state index contributed by atoms with van der Waals surface area (Å²) < 4.78 is 5.60. The van der Waals surface area contributed by atoms with Crippen LogP contribution in [-0.2, 0) is 4.74 Å². The fraction of sp³-hybridized carbons (Fsp3) is 1.00. The molecule has 1 N–H and O–H groups in total. The summed E-state index contributed by atoms with van der Waals surface area (Å²) >= 11 is 0. The van der Waals surface area contributed by atoms with E-state index in [1.54, 1.807) is 0 Å². The monoisotopic (exact) mass is 268 g/mol. The molecule has 2 rings (SSSR count). The van der Waals surface area contributed by atoms with E-state index >= 15 is 0 Å². The van der Waals surface area contributed by atoms with E-state index in [4.69, 9.17) is 4.74 Å². The van der Waals surface area contributed by atoms with Crippen molar-refractivity contribution >= 4 is 0 Å². The van der Waals surface area contributed by atoms with E-state index in [0.717, 1.165) is 31.7 Å². The second-order valence-corrected chi connectivity index (χ2v) is 6.26. The van der Waals surface area contributed by atoms with Crippen LogP contribution in [0.1, 0.15) is 52.4 Å². The Labute approximate surface area is 119 Å². The summed E-state index contributed by atoms with van der Waals surface area (Å²) in [7, 11) is 0. The number of nitrogens with zero attached hydrogens (tertiary/aromatic N) is 1. The third kappa shape index (κ3) is 5.05. The molecule has 2 unspecified atom stereocenters. The van der Waals surface area contributed by atoms with Crippen LogP contribution in [0.3, 0.4) is 0 Å². The highest BCUT2D eigenvalue weighted by Crippen LogP contribution is 2.28. The number of rotatable bonds is 10. The highest BCUT2D eigenvalue weighted by molar-refractivity contribution is 4.89. The van der Waals surface area contributed by atoms with Crippen LogP contribution in [0.2, 0.25) is 0 Å². The Morgan fingerprint density at radius 3 is 2.63 bits per heavy atom. The lowest BCUT2D eigenvalue weighted by Crippen LogP contribution is -2.47. The van der Waals surface area contributed by atoms with Crippen LogP contribution >= 0.6 is 0 Å². The number of ether oxygens (including phenoxy) is 1. The highest BCUT2D eigenvalue weighted by atomic mass is 16.5. The molecule has 3 nitrogen and oxygen atoms in total. The molecule has 3 heteroatoms. The van der Waals surface area contributed by atoms with E-state index in [2.05, 4.69) is 24.1 Å². The van der Waals surface area contributed by atoms with Gasteiger partial charge >= 0.3 is 0 Å². The van der Waals surface area contributed by atoms with Crippen molar-refractivity contribution in [3.63, 3.8) is 0 Å². The summed E-state index contributed by atoms with van der Waals surface area (Å²) in [6.45, 7) is 10.2. The first-order valence-electron chi connectivity index (χ1n) is 8.40. The second-order valence-electron chi connectivity index (χ2n) is 6.26. The second kappa shape index (κ2) is 8.23. The Balaban J connectivity index is 1.84. The Bertz CT molecular complexity index is 237. The van der Waals surface area contributed by atoms with Gasteiger partial charge in [0.1, 0.15) is 0 Å². The zero-order chi connectivity index (χ0) is 13.5. The summed E-state index contributed by atoms with van der Waals surface area (Å²) in [4.78, 5) is 2.75. The molecule has 1 saturated heterocycles. The lowest BCUT2D eigenvalue weighted by Gasteiger charge is -2.31. The van der Waals surface area contributed by atoms with Crippen molar-refractivity contribution in [3.05, 3.63) is 0 Å². The Kier molecular flexibility index (Phi) is 6.62. The standard InChI is InChI=1S/C16H32N2O/c1-3-5-10-18(15-6-7-15)12-16(17-9-4-2)14-8-11-19-13-14/h14-17H,3-13H2,1-2H3. The predicted molar refractivity (Wildman–Crippen MR) is 80.5 cm³/mol. The largest absolute Gasteiger partial charge is 0.381 e.